The summed E-state index contributed by atoms with van der Waals surface area (Å²) >= 11 is 0. The molecule has 1 rings (SSSR count). The topological polar surface area (TPSA) is 106 Å². The van der Waals surface area contributed by atoms with E-state index in [1.54, 1.807) is 6.08 Å². The van der Waals surface area contributed by atoms with Crippen molar-refractivity contribution in [1.82, 2.24) is 0 Å². The molecular formula is C6H10N2O3S. The molecule has 1 aliphatic rings. The molecule has 1 aliphatic carbocycles. The van der Waals surface area contributed by atoms with Gasteiger partial charge in [0.25, 0.3) is 10.1 Å². The summed E-state index contributed by atoms with van der Waals surface area (Å²) < 4.78 is 30.3. The number of rotatable bonds is 1. The predicted octanol–water partition coefficient (Wildman–Crippen LogP) is -1.02. The maximum absolute atomic E-state index is 10.8. The summed E-state index contributed by atoms with van der Waals surface area (Å²) in [5.41, 5.74) is 10.8. The number of hydrogen-bond acceptors (Lipinski definition) is 4. The Morgan fingerprint density at radius 3 is 2.33 bits per heavy atom. The Balaban J connectivity index is 3.16. The molecule has 0 aromatic carbocycles. The molecule has 68 valence electrons. The minimum Gasteiger partial charge on any atom is -0.322 e. The highest BCUT2D eigenvalue weighted by Gasteiger charge is 2.42. The zero-order valence-electron chi connectivity index (χ0n) is 6.21. The van der Waals surface area contributed by atoms with Crippen LogP contribution in [0.15, 0.2) is 24.3 Å². The van der Waals surface area contributed by atoms with Gasteiger partial charge in [0, 0.05) is 0 Å². The van der Waals surface area contributed by atoms with E-state index >= 15 is 0 Å². The zero-order valence-corrected chi connectivity index (χ0v) is 7.03. The third-order valence-electron chi connectivity index (χ3n) is 1.75. The Morgan fingerprint density at radius 2 is 2.00 bits per heavy atom. The molecule has 6 heteroatoms. The SMILES string of the molecule is NC1C=CC=CC1(N)S(=O)(=O)O. The second-order valence-corrected chi connectivity index (χ2v) is 4.26. The first-order valence-corrected chi connectivity index (χ1v) is 4.69. The second-order valence-electron chi connectivity index (χ2n) is 2.60. The summed E-state index contributed by atoms with van der Waals surface area (Å²) in [6.07, 6.45) is 5.57. The van der Waals surface area contributed by atoms with Crippen molar-refractivity contribution in [3.8, 4) is 0 Å². The molecule has 0 radical (unpaired) electrons. The van der Waals surface area contributed by atoms with E-state index in [0.29, 0.717) is 0 Å². The standard InChI is InChI=1S/C6H10N2O3S/c7-5-3-1-2-4-6(5,8)12(9,10)11/h1-5H,7-8H2,(H,9,10,11). The normalized spacial score (nSPS) is 35.4. The Hall–Kier alpha value is -0.690. The van der Waals surface area contributed by atoms with Gasteiger partial charge in [0.15, 0.2) is 4.87 Å². The largest absolute Gasteiger partial charge is 0.322 e. The lowest BCUT2D eigenvalue weighted by molar-refractivity contribution is 0.435. The highest BCUT2D eigenvalue weighted by atomic mass is 32.2. The fourth-order valence-electron chi connectivity index (χ4n) is 0.909. The van der Waals surface area contributed by atoms with Gasteiger partial charge < -0.3 is 11.5 Å². The van der Waals surface area contributed by atoms with E-state index in [0.717, 1.165) is 6.08 Å². The van der Waals surface area contributed by atoms with E-state index in [4.69, 9.17) is 16.0 Å². The van der Waals surface area contributed by atoms with Crippen molar-refractivity contribution in [2.45, 2.75) is 10.9 Å². The smallest absolute Gasteiger partial charge is 0.289 e. The van der Waals surface area contributed by atoms with Crippen LogP contribution in [0.25, 0.3) is 0 Å². The average molecular weight is 190 g/mol. The third kappa shape index (κ3) is 1.29. The van der Waals surface area contributed by atoms with Gasteiger partial charge in [-0.25, -0.2) is 0 Å². The lowest BCUT2D eigenvalue weighted by Crippen LogP contribution is -2.58. The fourth-order valence-corrected chi connectivity index (χ4v) is 1.58. The van der Waals surface area contributed by atoms with Crippen LogP contribution in [0.2, 0.25) is 0 Å². The van der Waals surface area contributed by atoms with Crippen LogP contribution in [0.4, 0.5) is 0 Å². The Kier molecular flexibility index (Phi) is 2.09. The first kappa shape index (κ1) is 9.40. The van der Waals surface area contributed by atoms with E-state index in [1.807, 2.05) is 0 Å². The van der Waals surface area contributed by atoms with Crippen LogP contribution in [0, 0.1) is 0 Å². The van der Waals surface area contributed by atoms with Crippen molar-refractivity contribution < 1.29 is 13.0 Å². The lowest BCUT2D eigenvalue weighted by Gasteiger charge is -2.28. The van der Waals surface area contributed by atoms with Crippen LogP contribution in [0.1, 0.15) is 0 Å². The molecule has 0 saturated heterocycles. The van der Waals surface area contributed by atoms with Gasteiger partial charge in [-0.05, 0) is 6.08 Å². The summed E-state index contributed by atoms with van der Waals surface area (Å²) in [6.45, 7) is 0. The molecule has 0 bridgehead atoms. The zero-order chi connectivity index (χ0) is 9.41. The summed E-state index contributed by atoms with van der Waals surface area (Å²) in [6, 6.07) is -0.919. The Morgan fingerprint density at radius 1 is 1.42 bits per heavy atom. The molecule has 0 aromatic heterocycles. The van der Waals surface area contributed by atoms with Crippen LogP contribution in [-0.4, -0.2) is 23.9 Å². The Labute approximate surface area is 70.5 Å². The van der Waals surface area contributed by atoms with Crippen molar-refractivity contribution >= 4 is 10.1 Å². The van der Waals surface area contributed by atoms with Gasteiger partial charge in [-0.15, -0.1) is 0 Å². The molecule has 2 unspecified atom stereocenters. The highest BCUT2D eigenvalue weighted by molar-refractivity contribution is 7.87. The first-order valence-electron chi connectivity index (χ1n) is 3.25. The van der Waals surface area contributed by atoms with Crippen molar-refractivity contribution in [1.29, 1.82) is 0 Å². The molecular weight excluding hydrogens is 180 g/mol. The highest BCUT2D eigenvalue weighted by Crippen LogP contribution is 2.19. The molecule has 0 spiro atoms. The molecule has 12 heavy (non-hydrogen) atoms. The first-order chi connectivity index (χ1) is 5.38. The van der Waals surface area contributed by atoms with Crippen LogP contribution < -0.4 is 11.5 Å². The maximum atomic E-state index is 10.8. The minimum absolute atomic E-state index is 0.919. The summed E-state index contributed by atoms with van der Waals surface area (Å²) in [7, 11) is -4.36. The van der Waals surface area contributed by atoms with Gasteiger partial charge in [0.1, 0.15) is 0 Å². The monoisotopic (exact) mass is 190 g/mol. The van der Waals surface area contributed by atoms with Crippen LogP contribution in [0.5, 0.6) is 0 Å². The van der Waals surface area contributed by atoms with Gasteiger partial charge in [-0.2, -0.15) is 8.42 Å². The lowest BCUT2D eigenvalue weighted by atomic mass is 10.0. The van der Waals surface area contributed by atoms with E-state index in [9.17, 15) is 8.42 Å². The van der Waals surface area contributed by atoms with Crippen LogP contribution in [0.3, 0.4) is 0 Å². The van der Waals surface area contributed by atoms with Crippen molar-refractivity contribution in [2.75, 3.05) is 0 Å². The molecule has 0 amide bonds. The fraction of sp³-hybridized carbons (Fsp3) is 0.333. The number of allylic oxidation sites excluding steroid dienone is 2. The minimum atomic E-state index is -4.36. The maximum Gasteiger partial charge on any atom is 0.289 e. The number of nitrogens with two attached hydrogens (primary N) is 2. The third-order valence-corrected chi connectivity index (χ3v) is 3.06. The van der Waals surface area contributed by atoms with Crippen molar-refractivity contribution in [2.24, 2.45) is 11.5 Å². The van der Waals surface area contributed by atoms with E-state index in [2.05, 4.69) is 0 Å². The molecule has 0 aliphatic heterocycles. The van der Waals surface area contributed by atoms with Gasteiger partial charge in [0.05, 0.1) is 6.04 Å². The van der Waals surface area contributed by atoms with Gasteiger partial charge in [-0.1, -0.05) is 18.2 Å². The van der Waals surface area contributed by atoms with Gasteiger partial charge in [-0.3, -0.25) is 4.55 Å². The quantitative estimate of drug-likeness (QED) is 0.459. The van der Waals surface area contributed by atoms with Gasteiger partial charge in [0.2, 0.25) is 0 Å². The molecule has 5 N–H and O–H groups in total. The van der Waals surface area contributed by atoms with E-state index in [-0.39, 0.29) is 0 Å². The van der Waals surface area contributed by atoms with Gasteiger partial charge >= 0.3 is 0 Å². The second kappa shape index (κ2) is 2.67. The number of hydrogen-bond donors (Lipinski definition) is 3. The van der Waals surface area contributed by atoms with Crippen molar-refractivity contribution in [3.63, 3.8) is 0 Å². The van der Waals surface area contributed by atoms with Crippen LogP contribution in [-0.2, 0) is 10.1 Å². The predicted molar refractivity (Wildman–Crippen MR) is 44.7 cm³/mol. The van der Waals surface area contributed by atoms with Crippen LogP contribution >= 0.6 is 0 Å². The summed E-state index contributed by atoms with van der Waals surface area (Å²) in [4.78, 5) is -1.89. The molecule has 2 atom stereocenters. The Bertz CT molecular complexity index is 333. The van der Waals surface area contributed by atoms with E-state index < -0.39 is 21.0 Å². The molecule has 0 saturated carbocycles. The summed E-state index contributed by atoms with van der Waals surface area (Å²) in [5, 5.41) is 0. The molecule has 0 fully saturated rings. The average Bonchev–Trinajstić information content (AvgIpc) is 1.93. The molecule has 0 heterocycles. The summed E-state index contributed by atoms with van der Waals surface area (Å²) in [5.74, 6) is 0. The van der Waals surface area contributed by atoms with Crippen molar-refractivity contribution in [3.05, 3.63) is 24.3 Å². The van der Waals surface area contributed by atoms with E-state index in [1.165, 1.54) is 12.2 Å². The molecule has 0 aromatic rings. The molecule has 5 nitrogen and oxygen atoms in total.